The first-order valence-corrected chi connectivity index (χ1v) is 8.51. The van der Waals surface area contributed by atoms with Crippen LogP contribution in [0.4, 0.5) is 0 Å². The molecule has 2 fully saturated rings. The molecule has 1 N–H and O–H groups in total. The summed E-state index contributed by atoms with van der Waals surface area (Å²) >= 11 is 0. The molecule has 4 nitrogen and oxygen atoms in total. The van der Waals surface area contributed by atoms with Crippen LogP contribution >= 0.6 is 0 Å². The van der Waals surface area contributed by atoms with Gasteiger partial charge in [-0.1, -0.05) is 13.8 Å². The van der Waals surface area contributed by atoms with E-state index in [2.05, 4.69) is 37.5 Å². The Kier molecular flexibility index (Phi) is 5.31. The van der Waals surface area contributed by atoms with Gasteiger partial charge >= 0.3 is 5.97 Å². The largest absolute Gasteiger partial charge is 0.480 e. The Hall–Kier alpha value is -0.610. The van der Waals surface area contributed by atoms with Crippen molar-refractivity contribution in [3.63, 3.8) is 0 Å². The Morgan fingerprint density at radius 3 is 1.95 bits per heavy atom. The van der Waals surface area contributed by atoms with Gasteiger partial charge in [-0.25, -0.2) is 0 Å². The lowest BCUT2D eigenvalue weighted by Crippen LogP contribution is -2.56. The van der Waals surface area contributed by atoms with E-state index in [1.807, 2.05) is 0 Å². The molecule has 122 valence electrons. The number of carboxylic acids is 1. The van der Waals surface area contributed by atoms with E-state index in [1.165, 1.54) is 0 Å². The summed E-state index contributed by atoms with van der Waals surface area (Å²) in [6, 6.07) is 0.293. The highest BCUT2D eigenvalue weighted by Crippen LogP contribution is 2.40. The second kappa shape index (κ2) is 6.66. The van der Waals surface area contributed by atoms with Crippen LogP contribution in [0.25, 0.3) is 0 Å². The Bertz CT molecular complexity index is 350. The molecule has 4 heteroatoms. The van der Waals surface area contributed by atoms with Gasteiger partial charge in [-0.05, 0) is 50.9 Å². The fraction of sp³-hybridized carbons (Fsp3) is 0.941. The van der Waals surface area contributed by atoms with E-state index in [1.54, 1.807) is 0 Å². The van der Waals surface area contributed by atoms with Gasteiger partial charge in [-0.2, -0.15) is 0 Å². The van der Waals surface area contributed by atoms with Crippen LogP contribution in [-0.4, -0.2) is 59.1 Å². The first-order chi connectivity index (χ1) is 9.80. The molecular formula is C17H32N2O2. The van der Waals surface area contributed by atoms with E-state index in [0.29, 0.717) is 17.4 Å². The normalized spacial score (nSPS) is 26.9. The molecule has 0 unspecified atom stereocenters. The molecule has 0 aromatic carbocycles. The Morgan fingerprint density at radius 2 is 1.52 bits per heavy atom. The molecule has 1 saturated carbocycles. The molecule has 0 spiro atoms. The molecule has 0 bridgehead atoms. The minimum absolute atomic E-state index is 0.268. The molecule has 1 atom stereocenters. The maximum absolute atomic E-state index is 11.8. The van der Waals surface area contributed by atoms with E-state index in [4.69, 9.17) is 0 Å². The topological polar surface area (TPSA) is 43.8 Å². The summed E-state index contributed by atoms with van der Waals surface area (Å²) in [6.07, 6.45) is 4.45. The SMILES string of the molecule is CC(C)N1CCN([C@H](C(=O)O)C2CCC(C)(C)CC2)CC1. The second-order valence-corrected chi connectivity index (χ2v) is 7.95. The van der Waals surface area contributed by atoms with Crippen LogP contribution in [0.1, 0.15) is 53.4 Å². The maximum Gasteiger partial charge on any atom is 0.321 e. The predicted octanol–water partition coefficient (Wildman–Crippen LogP) is 2.68. The highest BCUT2D eigenvalue weighted by molar-refractivity contribution is 5.74. The molecule has 0 amide bonds. The summed E-state index contributed by atoms with van der Waals surface area (Å²) < 4.78 is 0. The fourth-order valence-electron chi connectivity index (χ4n) is 3.93. The van der Waals surface area contributed by atoms with Crippen molar-refractivity contribution in [1.29, 1.82) is 0 Å². The maximum atomic E-state index is 11.8. The van der Waals surface area contributed by atoms with Crippen molar-refractivity contribution in [2.75, 3.05) is 26.2 Å². The van der Waals surface area contributed by atoms with Crippen molar-refractivity contribution in [3.05, 3.63) is 0 Å². The van der Waals surface area contributed by atoms with Crippen LogP contribution < -0.4 is 0 Å². The number of nitrogens with zero attached hydrogens (tertiary/aromatic N) is 2. The minimum atomic E-state index is -0.613. The lowest BCUT2D eigenvalue weighted by atomic mass is 9.71. The van der Waals surface area contributed by atoms with Crippen molar-refractivity contribution >= 4 is 5.97 Å². The zero-order valence-corrected chi connectivity index (χ0v) is 14.1. The van der Waals surface area contributed by atoms with Crippen LogP contribution in [0, 0.1) is 11.3 Å². The zero-order chi connectivity index (χ0) is 15.6. The summed E-state index contributed by atoms with van der Waals surface area (Å²) in [4.78, 5) is 16.5. The van der Waals surface area contributed by atoms with Gasteiger partial charge in [0, 0.05) is 32.2 Å². The average molecular weight is 296 g/mol. The summed E-state index contributed by atoms with van der Waals surface area (Å²) in [6.45, 7) is 12.8. The van der Waals surface area contributed by atoms with E-state index < -0.39 is 5.97 Å². The number of carboxylic acid groups (broad SMARTS) is 1. The monoisotopic (exact) mass is 296 g/mol. The van der Waals surface area contributed by atoms with Crippen molar-refractivity contribution in [1.82, 2.24) is 9.80 Å². The smallest absolute Gasteiger partial charge is 0.321 e. The fourth-order valence-corrected chi connectivity index (χ4v) is 3.93. The molecule has 21 heavy (non-hydrogen) atoms. The summed E-state index contributed by atoms with van der Waals surface area (Å²) in [5, 5.41) is 9.73. The molecule has 1 aliphatic heterocycles. The second-order valence-electron chi connectivity index (χ2n) is 7.95. The van der Waals surface area contributed by atoms with Crippen LogP contribution in [-0.2, 0) is 4.79 Å². The van der Waals surface area contributed by atoms with E-state index in [-0.39, 0.29) is 6.04 Å². The Labute approximate surface area is 129 Å². The lowest BCUT2D eigenvalue weighted by Gasteiger charge is -2.44. The molecule has 2 aliphatic rings. The Morgan fingerprint density at radius 1 is 1.05 bits per heavy atom. The first-order valence-electron chi connectivity index (χ1n) is 8.51. The number of carbonyl (C=O) groups is 1. The third-order valence-corrected chi connectivity index (χ3v) is 5.56. The molecule has 0 radical (unpaired) electrons. The van der Waals surface area contributed by atoms with Crippen LogP contribution in [0.3, 0.4) is 0 Å². The van der Waals surface area contributed by atoms with Crippen molar-refractivity contribution in [2.45, 2.75) is 65.5 Å². The summed E-state index contributed by atoms with van der Waals surface area (Å²) in [7, 11) is 0. The molecule has 2 rings (SSSR count). The molecule has 0 aromatic rings. The highest BCUT2D eigenvalue weighted by Gasteiger charge is 2.39. The number of aliphatic carboxylic acids is 1. The quantitative estimate of drug-likeness (QED) is 0.866. The summed E-state index contributed by atoms with van der Waals surface area (Å²) in [5.74, 6) is -0.279. The molecule has 1 saturated heterocycles. The van der Waals surface area contributed by atoms with Crippen LogP contribution in [0.5, 0.6) is 0 Å². The van der Waals surface area contributed by atoms with Gasteiger partial charge in [-0.3, -0.25) is 14.6 Å². The molecule has 1 aliphatic carbocycles. The van der Waals surface area contributed by atoms with Crippen molar-refractivity contribution in [2.24, 2.45) is 11.3 Å². The van der Waals surface area contributed by atoms with E-state index in [9.17, 15) is 9.90 Å². The van der Waals surface area contributed by atoms with Gasteiger partial charge < -0.3 is 5.11 Å². The lowest BCUT2D eigenvalue weighted by molar-refractivity contribution is -0.147. The Balaban J connectivity index is 1.96. The van der Waals surface area contributed by atoms with E-state index >= 15 is 0 Å². The van der Waals surface area contributed by atoms with Gasteiger partial charge in [0.2, 0.25) is 0 Å². The number of piperazine rings is 1. The van der Waals surface area contributed by atoms with Gasteiger partial charge in [0.1, 0.15) is 6.04 Å². The van der Waals surface area contributed by atoms with Gasteiger partial charge in [0.25, 0.3) is 0 Å². The van der Waals surface area contributed by atoms with Gasteiger partial charge in [-0.15, -0.1) is 0 Å². The highest BCUT2D eigenvalue weighted by atomic mass is 16.4. The van der Waals surface area contributed by atoms with Gasteiger partial charge in [0.05, 0.1) is 0 Å². The third-order valence-electron chi connectivity index (χ3n) is 5.56. The van der Waals surface area contributed by atoms with Crippen molar-refractivity contribution in [3.8, 4) is 0 Å². The standard InChI is InChI=1S/C17H32N2O2/c1-13(2)18-9-11-19(12-10-18)15(16(20)21)14-5-7-17(3,4)8-6-14/h13-15H,5-12H2,1-4H3,(H,20,21)/t15-/m0/s1. The summed E-state index contributed by atoms with van der Waals surface area (Å²) in [5.41, 5.74) is 0.399. The third kappa shape index (κ3) is 4.19. The number of hydrogen-bond donors (Lipinski definition) is 1. The van der Waals surface area contributed by atoms with E-state index in [0.717, 1.165) is 51.9 Å². The van der Waals surface area contributed by atoms with Crippen LogP contribution in [0.15, 0.2) is 0 Å². The van der Waals surface area contributed by atoms with Gasteiger partial charge in [0.15, 0.2) is 0 Å². The van der Waals surface area contributed by atoms with Crippen molar-refractivity contribution < 1.29 is 9.90 Å². The zero-order valence-electron chi connectivity index (χ0n) is 14.1. The minimum Gasteiger partial charge on any atom is -0.480 e. The molecular weight excluding hydrogens is 264 g/mol. The predicted molar refractivity (Wildman–Crippen MR) is 85.4 cm³/mol. The number of rotatable bonds is 4. The van der Waals surface area contributed by atoms with Crippen LogP contribution in [0.2, 0.25) is 0 Å². The molecule has 0 aromatic heterocycles. The first kappa shape index (κ1) is 16.8. The number of hydrogen-bond acceptors (Lipinski definition) is 3. The average Bonchev–Trinajstić information content (AvgIpc) is 2.41. The molecule has 1 heterocycles.